The number of hydrogen-bond acceptors (Lipinski definition) is 2. The molecule has 0 fully saturated rings. The van der Waals surface area contributed by atoms with E-state index in [4.69, 9.17) is 0 Å². The lowest BCUT2D eigenvalue weighted by Crippen LogP contribution is -2.20. The van der Waals surface area contributed by atoms with Gasteiger partial charge in [-0.2, -0.15) is 0 Å². The largest absolute Gasteiger partial charge is 0.477 e. The molecule has 98 valence electrons. The molecule has 1 aliphatic rings. The Kier molecular flexibility index (Phi) is 2.83. The van der Waals surface area contributed by atoms with Gasteiger partial charge in [-0.15, -0.1) is 0 Å². The normalized spacial score (nSPS) is 15.5. The van der Waals surface area contributed by atoms with E-state index in [0.29, 0.717) is 17.5 Å². The average molecular weight is 260 g/mol. The van der Waals surface area contributed by atoms with Crippen LogP contribution in [-0.2, 0) is 0 Å². The van der Waals surface area contributed by atoms with E-state index in [9.17, 15) is 14.3 Å². The van der Waals surface area contributed by atoms with E-state index in [1.165, 1.54) is 6.07 Å². The molecule has 0 saturated carbocycles. The summed E-state index contributed by atoms with van der Waals surface area (Å²) < 4.78 is 13.8. The van der Waals surface area contributed by atoms with Crippen molar-refractivity contribution in [2.24, 2.45) is 0 Å². The number of aromatic amines is 1. The molecule has 0 radical (unpaired) electrons. The molecule has 0 saturated heterocycles. The van der Waals surface area contributed by atoms with E-state index >= 15 is 0 Å². The van der Waals surface area contributed by atoms with Crippen molar-refractivity contribution in [2.75, 3.05) is 13.1 Å². The Morgan fingerprint density at radius 2 is 2.21 bits per heavy atom. The van der Waals surface area contributed by atoms with Crippen LogP contribution in [0.3, 0.4) is 0 Å². The number of hydrogen-bond donors (Lipinski definition) is 3. The molecule has 0 amide bonds. The van der Waals surface area contributed by atoms with Gasteiger partial charge in [0.1, 0.15) is 11.5 Å². The van der Waals surface area contributed by atoms with Gasteiger partial charge in [0.2, 0.25) is 0 Å². The fraction of sp³-hybridized carbons (Fsp3) is 0.214. The molecule has 1 aromatic carbocycles. The number of carboxylic acid groups (broad SMARTS) is 1. The Bertz CT molecular complexity index is 688. The lowest BCUT2D eigenvalue weighted by Gasteiger charge is -2.14. The van der Waals surface area contributed by atoms with Gasteiger partial charge in [0, 0.05) is 17.5 Å². The van der Waals surface area contributed by atoms with Gasteiger partial charge in [-0.1, -0.05) is 18.2 Å². The van der Waals surface area contributed by atoms with Gasteiger partial charge < -0.3 is 15.4 Å². The Balaban J connectivity index is 2.31. The fourth-order valence-corrected chi connectivity index (χ4v) is 2.53. The molecule has 1 aliphatic heterocycles. The molecular weight excluding hydrogens is 247 g/mol. The minimum absolute atomic E-state index is 0.0632. The zero-order chi connectivity index (χ0) is 13.4. The summed E-state index contributed by atoms with van der Waals surface area (Å²) in [6, 6.07) is 4.67. The lowest BCUT2D eigenvalue weighted by molar-refractivity contribution is 0.0691. The maximum Gasteiger partial charge on any atom is 0.352 e. The molecule has 0 bridgehead atoms. The number of rotatable bonds is 2. The second kappa shape index (κ2) is 4.51. The standard InChI is InChI=1S/C14H13FN2O2/c15-10-3-1-2-9-11(8-4-6-16-7-5-8)13(14(18)19)17-12(9)10/h1-4,16-17H,5-7H2,(H,18,19). The van der Waals surface area contributed by atoms with Crippen LogP contribution in [-0.4, -0.2) is 29.1 Å². The van der Waals surface area contributed by atoms with E-state index in [-0.39, 0.29) is 11.2 Å². The summed E-state index contributed by atoms with van der Waals surface area (Å²) in [6.07, 6.45) is 2.70. The van der Waals surface area contributed by atoms with Gasteiger partial charge in [0.05, 0.1) is 5.52 Å². The Morgan fingerprint density at radius 3 is 2.89 bits per heavy atom. The molecule has 0 unspecified atom stereocenters. The van der Waals surface area contributed by atoms with Crippen molar-refractivity contribution in [3.05, 3.63) is 41.3 Å². The monoisotopic (exact) mass is 260 g/mol. The molecule has 4 nitrogen and oxygen atoms in total. The second-order valence-corrected chi connectivity index (χ2v) is 4.53. The van der Waals surface area contributed by atoms with E-state index in [0.717, 1.165) is 18.5 Å². The first-order valence-electron chi connectivity index (χ1n) is 6.12. The number of carboxylic acids is 1. The zero-order valence-corrected chi connectivity index (χ0v) is 10.2. The summed E-state index contributed by atoms with van der Waals surface area (Å²) in [5, 5.41) is 13.1. The SMILES string of the molecule is O=C(O)c1[nH]c2c(F)cccc2c1C1=CCNCC1. The van der Waals surface area contributed by atoms with Crippen molar-refractivity contribution in [3.8, 4) is 0 Å². The number of carbonyl (C=O) groups is 1. The third-order valence-electron chi connectivity index (χ3n) is 3.38. The highest BCUT2D eigenvalue weighted by Gasteiger charge is 2.22. The summed E-state index contributed by atoms with van der Waals surface area (Å²) in [7, 11) is 0. The van der Waals surface area contributed by atoms with Crippen LogP contribution in [0.15, 0.2) is 24.3 Å². The number of fused-ring (bicyclic) bond motifs is 1. The first-order valence-corrected chi connectivity index (χ1v) is 6.12. The molecule has 1 aromatic heterocycles. The van der Waals surface area contributed by atoms with E-state index in [1.54, 1.807) is 12.1 Å². The summed E-state index contributed by atoms with van der Waals surface area (Å²) in [4.78, 5) is 14.0. The number of halogens is 1. The van der Waals surface area contributed by atoms with Gasteiger partial charge in [0.25, 0.3) is 0 Å². The molecule has 0 atom stereocenters. The zero-order valence-electron chi connectivity index (χ0n) is 10.2. The second-order valence-electron chi connectivity index (χ2n) is 4.53. The topological polar surface area (TPSA) is 65.1 Å². The maximum atomic E-state index is 13.8. The van der Waals surface area contributed by atoms with Crippen molar-refractivity contribution >= 4 is 22.4 Å². The van der Waals surface area contributed by atoms with Crippen LogP contribution in [0, 0.1) is 5.82 Å². The van der Waals surface area contributed by atoms with Crippen LogP contribution in [0.25, 0.3) is 16.5 Å². The van der Waals surface area contributed by atoms with Gasteiger partial charge in [-0.3, -0.25) is 0 Å². The van der Waals surface area contributed by atoms with Gasteiger partial charge in [0.15, 0.2) is 0 Å². The quantitative estimate of drug-likeness (QED) is 0.776. The van der Waals surface area contributed by atoms with E-state index in [2.05, 4.69) is 10.3 Å². The highest BCUT2D eigenvalue weighted by molar-refractivity contribution is 6.04. The molecule has 0 aliphatic carbocycles. The molecule has 19 heavy (non-hydrogen) atoms. The number of nitrogens with one attached hydrogen (secondary N) is 2. The van der Waals surface area contributed by atoms with Crippen molar-refractivity contribution in [3.63, 3.8) is 0 Å². The van der Waals surface area contributed by atoms with Crippen molar-refractivity contribution in [1.82, 2.24) is 10.3 Å². The number of aromatic nitrogens is 1. The van der Waals surface area contributed by atoms with E-state index in [1.807, 2.05) is 6.08 Å². The van der Waals surface area contributed by atoms with Crippen molar-refractivity contribution < 1.29 is 14.3 Å². The smallest absolute Gasteiger partial charge is 0.352 e. The van der Waals surface area contributed by atoms with Gasteiger partial charge in [-0.05, 0) is 24.6 Å². The average Bonchev–Trinajstić information content (AvgIpc) is 2.81. The fourth-order valence-electron chi connectivity index (χ4n) is 2.53. The maximum absolute atomic E-state index is 13.8. The van der Waals surface area contributed by atoms with Gasteiger partial charge >= 0.3 is 5.97 Å². The number of benzene rings is 1. The van der Waals surface area contributed by atoms with Crippen LogP contribution >= 0.6 is 0 Å². The van der Waals surface area contributed by atoms with Crippen LogP contribution in [0.5, 0.6) is 0 Å². The van der Waals surface area contributed by atoms with Crippen LogP contribution in [0.2, 0.25) is 0 Å². The third kappa shape index (κ3) is 1.92. The van der Waals surface area contributed by atoms with Crippen molar-refractivity contribution in [1.29, 1.82) is 0 Å². The highest BCUT2D eigenvalue weighted by atomic mass is 19.1. The first-order chi connectivity index (χ1) is 9.18. The highest BCUT2D eigenvalue weighted by Crippen LogP contribution is 2.32. The van der Waals surface area contributed by atoms with E-state index < -0.39 is 11.8 Å². The molecular formula is C14H13FN2O2. The minimum Gasteiger partial charge on any atom is -0.477 e. The summed E-state index contributed by atoms with van der Waals surface area (Å²) >= 11 is 0. The van der Waals surface area contributed by atoms with Crippen LogP contribution in [0.4, 0.5) is 4.39 Å². The molecule has 2 aromatic rings. The lowest BCUT2D eigenvalue weighted by atomic mass is 9.97. The Morgan fingerprint density at radius 1 is 1.37 bits per heavy atom. The molecule has 5 heteroatoms. The third-order valence-corrected chi connectivity index (χ3v) is 3.38. The van der Waals surface area contributed by atoms with Gasteiger partial charge in [-0.25, -0.2) is 9.18 Å². The molecule has 3 rings (SSSR count). The Hall–Kier alpha value is -2.14. The number of H-pyrrole nitrogens is 1. The first kappa shape index (κ1) is 11.9. The van der Waals surface area contributed by atoms with Crippen LogP contribution in [0.1, 0.15) is 22.5 Å². The van der Waals surface area contributed by atoms with Crippen LogP contribution < -0.4 is 5.32 Å². The summed E-state index contributed by atoms with van der Waals surface area (Å²) in [5.74, 6) is -1.49. The van der Waals surface area contributed by atoms with Crippen molar-refractivity contribution in [2.45, 2.75) is 6.42 Å². The number of aromatic carboxylic acids is 1. The summed E-state index contributed by atoms with van der Waals surface area (Å²) in [6.45, 7) is 1.50. The predicted octanol–water partition coefficient (Wildman–Crippen LogP) is 2.38. The molecule has 0 spiro atoms. The Labute approximate surface area is 108 Å². The summed E-state index contributed by atoms with van der Waals surface area (Å²) in [5.41, 5.74) is 1.89. The number of para-hydroxylation sites is 1. The molecule has 3 N–H and O–H groups in total. The minimum atomic E-state index is -1.06. The predicted molar refractivity (Wildman–Crippen MR) is 70.7 cm³/mol. The molecule has 2 heterocycles.